The number of nitrogens with zero attached hydrogens (tertiary/aromatic N) is 4. The minimum Gasteiger partial charge on any atom is -0.311 e. The van der Waals surface area contributed by atoms with Crippen LogP contribution >= 0.6 is 11.3 Å². The zero-order chi connectivity index (χ0) is 29.2. The van der Waals surface area contributed by atoms with Crippen LogP contribution in [0.2, 0.25) is 0 Å². The first kappa shape index (κ1) is 26.4. The van der Waals surface area contributed by atoms with Gasteiger partial charge in [0.15, 0.2) is 0 Å². The maximum Gasteiger partial charge on any atom is 0.233 e. The highest BCUT2D eigenvalue weighted by molar-refractivity contribution is 7.18. The number of halogens is 1. The van der Waals surface area contributed by atoms with Crippen molar-refractivity contribution in [2.45, 2.75) is 94.6 Å². The summed E-state index contributed by atoms with van der Waals surface area (Å²) < 4.78 is 18.0. The normalized spacial score (nSPS) is 32.4. The lowest BCUT2D eigenvalue weighted by molar-refractivity contribution is -0.211. The van der Waals surface area contributed by atoms with Gasteiger partial charge in [-0.15, -0.1) is 11.3 Å². The number of hydrogen-bond acceptors (Lipinski definition) is 4. The third-order valence-electron chi connectivity index (χ3n) is 12.0. The predicted molar refractivity (Wildman–Crippen MR) is 169 cm³/mol. The standard InChI is InChI=1S/C36H39FN4OS/c1-23-38-28-9-8-26(17-30(28)43-23)25-4-3-5-27(16-25)41(32(42)35-19-36(37,20-35)21-35)22-33-10-13-34(14-11-33,15-12-33)31-18-29(24-6-7-24)39-40(31)2/h3-5,8-9,16-18,24H,6-7,10-15,19-22H2,1-2H3. The van der Waals surface area contributed by atoms with Crippen LogP contribution in [0.5, 0.6) is 0 Å². The fourth-order valence-corrected chi connectivity index (χ4v) is 10.2. The molecule has 0 radical (unpaired) electrons. The number of carbonyl (C=O) groups excluding carboxylic acids is 1. The van der Waals surface area contributed by atoms with E-state index in [0.29, 0.717) is 25.2 Å². The zero-order valence-electron chi connectivity index (χ0n) is 25.2. The highest BCUT2D eigenvalue weighted by atomic mass is 32.1. The predicted octanol–water partition coefficient (Wildman–Crippen LogP) is 8.40. The van der Waals surface area contributed by atoms with Crippen molar-refractivity contribution in [1.29, 1.82) is 0 Å². The Bertz CT molecular complexity index is 1760. The van der Waals surface area contributed by atoms with Crippen molar-refractivity contribution in [2.24, 2.45) is 17.9 Å². The summed E-state index contributed by atoms with van der Waals surface area (Å²) in [7, 11) is 2.13. The molecule has 7 heteroatoms. The van der Waals surface area contributed by atoms with Crippen molar-refractivity contribution in [2.75, 3.05) is 11.4 Å². The van der Waals surface area contributed by atoms with Crippen molar-refractivity contribution < 1.29 is 9.18 Å². The molecule has 0 atom stereocenters. The lowest BCUT2D eigenvalue weighted by Gasteiger charge is -2.65. The van der Waals surface area contributed by atoms with Gasteiger partial charge in [0.05, 0.1) is 26.3 Å². The average molecular weight is 595 g/mol. The summed E-state index contributed by atoms with van der Waals surface area (Å²) in [6.07, 6.45) is 10.6. The highest BCUT2D eigenvalue weighted by Gasteiger charge is 2.73. The van der Waals surface area contributed by atoms with Gasteiger partial charge in [-0.25, -0.2) is 9.37 Å². The minimum absolute atomic E-state index is 0.112. The average Bonchev–Trinajstić information content (AvgIpc) is 3.65. The summed E-state index contributed by atoms with van der Waals surface area (Å²) in [6, 6.07) is 17.4. The van der Waals surface area contributed by atoms with E-state index >= 15 is 0 Å². The summed E-state index contributed by atoms with van der Waals surface area (Å²) >= 11 is 1.71. The molecule has 4 aromatic rings. The van der Waals surface area contributed by atoms with E-state index in [-0.39, 0.29) is 16.7 Å². The molecule has 222 valence electrons. The number of alkyl halides is 1. The van der Waals surface area contributed by atoms with Crippen LogP contribution in [0.4, 0.5) is 10.1 Å². The third-order valence-corrected chi connectivity index (χ3v) is 12.9. The second-order valence-corrected chi connectivity index (χ2v) is 16.2. The molecular weight excluding hydrogens is 555 g/mol. The van der Waals surface area contributed by atoms with Gasteiger partial charge in [-0.2, -0.15) is 5.10 Å². The Morgan fingerprint density at radius 1 is 1.00 bits per heavy atom. The molecule has 0 unspecified atom stereocenters. The van der Waals surface area contributed by atoms with Gasteiger partial charge in [0.2, 0.25) is 5.91 Å². The van der Waals surface area contributed by atoms with Crippen LogP contribution in [0.1, 0.15) is 92.9 Å². The van der Waals surface area contributed by atoms with E-state index in [4.69, 9.17) is 5.10 Å². The number of rotatable bonds is 7. The number of carbonyl (C=O) groups is 1. The molecule has 7 aliphatic carbocycles. The number of aromatic nitrogens is 3. The number of anilines is 1. The Hall–Kier alpha value is -3.06. The largest absolute Gasteiger partial charge is 0.311 e. The van der Waals surface area contributed by atoms with Crippen LogP contribution in [0.15, 0.2) is 48.5 Å². The van der Waals surface area contributed by atoms with Gasteiger partial charge in [-0.1, -0.05) is 18.2 Å². The molecule has 7 saturated carbocycles. The molecule has 0 spiro atoms. The van der Waals surface area contributed by atoms with E-state index in [1.807, 2.05) is 6.92 Å². The SMILES string of the molecule is Cc1nc2ccc(-c3cccc(N(CC45CCC(c6cc(C7CC7)nn6C)(CC4)CC5)C(=O)C45CC(F)(C4)C5)c3)cc2s1. The second-order valence-electron chi connectivity index (χ2n) is 15.0. The maximum atomic E-state index is 14.7. The topological polar surface area (TPSA) is 51.0 Å². The van der Waals surface area contributed by atoms with Crippen molar-refractivity contribution in [1.82, 2.24) is 14.8 Å². The van der Waals surface area contributed by atoms with E-state index < -0.39 is 11.1 Å². The van der Waals surface area contributed by atoms with Crippen LogP contribution in [0.25, 0.3) is 21.3 Å². The number of hydrogen-bond donors (Lipinski definition) is 0. The molecule has 2 aromatic heterocycles. The summed E-state index contributed by atoms with van der Waals surface area (Å²) in [5, 5.41) is 5.99. The van der Waals surface area contributed by atoms with Crippen LogP contribution in [0, 0.1) is 17.8 Å². The van der Waals surface area contributed by atoms with Gasteiger partial charge in [0, 0.05) is 36.3 Å². The van der Waals surface area contributed by atoms with Gasteiger partial charge in [-0.05, 0) is 124 Å². The van der Waals surface area contributed by atoms with Crippen molar-refractivity contribution in [3.63, 3.8) is 0 Å². The Labute approximate surface area is 256 Å². The highest BCUT2D eigenvalue weighted by Crippen LogP contribution is 2.70. The number of thiazole rings is 1. The molecule has 11 rings (SSSR count). The Morgan fingerprint density at radius 3 is 2.42 bits per heavy atom. The molecule has 2 aromatic carbocycles. The van der Waals surface area contributed by atoms with E-state index in [2.05, 4.69) is 70.1 Å². The van der Waals surface area contributed by atoms with Crippen molar-refractivity contribution in [3.8, 4) is 11.1 Å². The summed E-state index contributed by atoms with van der Waals surface area (Å²) in [6.45, 7) is 2.78. The first-order valence-corrected chi connectivity index (χ1v) is 17.0. The molecule has 7 fully saturated rings. The van der Waals surface area contributed by atoms with E-state index in [9.17, 15) is 9.18 Å². The number of fused-ring (bicyclic) bond motifs is 4. The molecule has 5 nitrogen and oxygen atoms in total. The minimum atomic E-state index is -1.10. The Balaban J connectivity index is 1.02. The van der Waals surface area contributed by atoms with Crippen LogP contribution in [0.3, 0.4) is 0 Å². The lowest BCUT2D eigenvalue weighted by atomic mass is 9.41. The molecule has 0 saturated heterocycles. The smallest absolute Gasteiger partial charge is 0.233 e. The van der Waals surface area contributed by atoms with Crippen LogP contribution in [-0.2, 0) is 17.3 Å². The monoisotopic (exact) mass is 594 g/mol. The third kappa shape index (κ3) is 4.02. The van der Waals surface area contributed by atoms with Gasteiger partial charge in [0.1, 0.15) is 5.67 Å². The lowest BCUT2D eigenvalue weighted by Crippen LogP contribution is -2.71. The van der Waals surface area contributed by atoms with Crippen molar-refractivity contribution >= 4 is 33.1 Å². The molecular formula is C36H39FN4OS. The second kappa shape index (κ2) is 8.77. The molecule has 0 N–H and O–H groups in total. The van der Waals surface area contributed by atoms with Gasteiger partial charge < -0.3 is 4.90 Å². The molecule has 1 amide bonds. The molecule has 2 heterocycles. The Morgan fingerprint density at radius 2 is 1.72 bits per heavy atom. The zero-order valence-corrected chi connectivity index (χ0v) is 26.0. The fourth-order valence-electron chi connectivity index (χ4n) is 9.31. The molecule has 4 bridgehead atoms. The summed E-state index contributed by atoms with van der Waals surface area (Å²) in [5.74, 6) is 0.821. The molecule has 7 aliphatic rings. The van der Waals surface area contributed by atoms with E-state index in [1.54, 1.807) is 11.3 Å². The number of amides is 1. The summed E-state index contributed by atoms with van der Waals surface area (Å²) in [5.41, 5.74) is 5.68. The first-order valence-electron chi connectivity index (χ1n) is 16.2. The fraction of sp³-hybridized carbons (Fsp3) is 0.528. The van der Waals surface area contributed by atoms with Gasteiger partial charge >= 0.3 is 0 Å². The van der Waals surface area contributed by atoms with Crippen LogP contribution < -0.4 is 4.90 Å². The summed E-state index contributed by atoms with van der Waals surface area (Å²) in [4.78, 5) is 21.1. The van der Waals surface area contributed by atoms with E-state index in [1.165, 1.54) is 28.9 Å². The van der Waals surface area contributed by atoms with Gasteiger partial charge in [0.25, 0.3) is 0 Å². The molecule has 43 heavy (non-hydrogen) atoms. The maximum absolute atomic E-state index is 14.7. The number of benzene rings is 2. The Kier molecular flexibility index (Phi) is 5.38. The number of aryl methyl sites for hydroxylation is 2. The quantitative estimate of drug-likeness (QED) is 0.216. The van der Waals surface area contributed by atoms with Crippen LogP contribution in [-0.4, -0.2) is 32.9 Å². The molecule has 0 aliphatic heterocycles. The van der Waals surface area contributed by atoms with Crippen molar-refractivity contribution in [3.05, 3.63) is 64.9 Å². The van der Waals surface area contributed by atoms with E-state index in [0.717, 1.165) is 72.4 Å². The first-order chi connectivity index (χ1) is 20.7. The van der Waals surface area contributed by atoms with Gasteiger partial charge in [-0.3, -0.25) is 9.48 Å².